The van der Waals surface area contributed by atoms with Gasteiger partial charge in [-0.05, 0) is 45.4 Å². The van der Waals surface area contributed by atoms with E-state index < -0.39 is 0 Å². The van der Waals surface area contributed by atoms with Crippen molar-refractivity contribution in [2.75, 3.05) is 5.32 Å². The van der Waals surface area contributed by atoms with Crippen molar-refractivity contribution >= 4 is 11.7 Å². The zero-order valence-electron chi connectivity index (χ0n) is 13.5. The van der Waals surface area contributed by atoms with Gasteiger partial charge in [0, 0.05) is 12.1 Å². The molecule has 0 bridgehead atoms. The van der Waals surface area contributed by atoms with Crippen molar-refractivity contribution in [1.82, 2.24) is 15.5 Å². The molecule has 5 heteroatoms. The quantitative estimate of drug-likeness (QED) is 0.910. The van der Waals surface area contributed by atoms with E-state index in [2.05, 4.69) is 20.8 Å². The van der Waals surface area contributed by atoms with Crippen LogP contribution >= 0.6 is 0 Å². The third-order valence-electron chi connectivity index (χ3n) is 2.94. The summed E-state index contributed by atoms with van der Waals surface area (Å²) >= 11 is 0. The molecule has 116 valence electrons. The summed E-state index contributed by atoms with van der Waals surface area (Å²) in [4.78, 5) is 12.1. The Morgan fingerprint density at radius 3 is 2.50 bits per heavy atom. The SMILES string of the molecule is Cc1cccc(CNC(=O)c2ccc(NC(C)(C)C)nn2)c1. The number of carbonyl (C=O) groups excluding carboxylic acids is 1. The Hall–Kier alpha value is -2.43. The van der Waals surface area contributed by atoms with Gasteiger partial charge in [-0.15, -0.1) is 10.2 Å². The Labute approximate surface area is 131 Å². The zero-order chi connectivity index (χ0) is 16.2. The summed E-state index contributed by atoms with van der Waals surface area (Å²) < 4.78 is 0. The second-order valence-electron chi connectivity index (χ2n) is 6.35. The molecule has 1 aromatic heterocycles. The number of rotatable bonds is 4. The Kier molecular flexibility index (Phi) is 4.75. The topological polar surface area (TPSA) is 66.9 Å². The summed E-state index contributed by atoms with van der Waals surface area (Å²) in [5.41, 5.74) is 2.45. The summed E-state index contributed by atoms with van der Waals surface area (Å²) in [6.45, 7) is 8.62. The number of aromatic nitrogens is 2. The van der Waals surface area contributed by atoms with Gasteiger partial charge in [-0.3, -0.25) is 4.79 Å². The first-order valence-corrected chi connectivity index (χ1v) is 7.29. The van der Waals surface area contributed by atoms with E-state index in [0.29, 0.717) is 18.1 Å². The molecule has 1 aromatic carbocycles. The first-order valence-electron chi connectivity index (χ1n) is 7.29. The molecule has 0 aliphatic heterocycles. The minimum atomic E-state index is -0.226. The molecular formula is C17H22N4O. The predicted molar refractivity (Wildman–Crippen MR) is 87.8 cm³/mol. The van der Waals surface area contributed by atoms with Gasteiger partial charge in [0.2, 0.25) is 0 Å². The van der Waals surface area contributed by atoms with Crippen LogP contribution in [0.5, 0.6) is 0 Å². The van der Waals surface area contributed by atoms with Gasteiger partial charge in [0.15, 0.2) is 5.69 Å². The van der Waals surface area contributed by atoms with Crippen molar-refractivity contribution in [2.24, 2.45) is 0 Å². The Bertz CT molecular complexity index is 644. The minimum absolute atomic E-state index is 0.0936. The van der Waals surface area contributed by atoms with Crippen LogP contribution in [0.1, 0.15) is 42.4 Å². The van der Waals surface area contributed by atoms with Crippen molar-refractivity contribution in [3.05, 3.63) is 53.2 Å². The lowest BCUT2D eigenvalue weighted by molar-refractivity contribution is 0.0945. The van der Waals surface area contributed by atoms with Gasteiger partial charge >= 0.3 is 0 Å². The second kappa shape index (κ2) is 6.56. The first kappa shape index (κ1) is 15.9. The van der Waals surface area contributed by atoms with Crippen LogP contribution in [0.4, 0.5) is 5.82 Å². The number of anilines is 1. The van der Waals surface area contributed by atoms with Crippen LogP contribution in [0.3, 0.4) is 0 Å². The fraction of sp³-hybridized carbons (Fsp3) is 0.353. The first-order chi connectivity index (χ1) is 10.3. The van der Waals surface area contributed by atoms with E-state index in [1.54, 1.807) is 12.1 Å². The molecule has 1 heterocycles. The standard InChI is InChI=1S/C17H22N4O/c1-12-6-5-7-13(10-12)11-18-16(22)14-8-9-15(21-20-14)19-17(2,3)4/h5-10H,11H2,1-4H3,(H,18,22)(H,19,21). The third-order valence-corrected chi connectivity index (χ3v) is 2.94. The third kappa shape index (κ3) is 4.84. The van der Waals surface area contributed by atoms with Crippen LogP contribution in [0.25, 0.3) is 0 Å². The number of hydrogen-bond acceptors (Lipinski definition) is 4. The maximum absolute atomic E-state index is 12.1. The number of nitrogens with zero attached hydrogens (tertiary/aromatic N) is 2. The molecule has 0 aliphatic carbocycles. The van der Waals surface area contributed by atoms with Crippen molar-refractivity contribution in [3.8, 4) is 0 Å². The lowest BCUT2D eigenvalue weighted by Crippen LogP contribution is -2.27. The van der Waals surface area contributed by atoms with Crippen molar-refractivity contribution in [1.29, 1.82) is 0 Å². The van der Waals surface area contributed by atoms with Crippen LogP contribution in [-0.2, 0) is 6.54 Å². The minimum Gasteiger partial charge on any atom is -0.364 e. The van der Waals surface area contributed by atoms with E-state index in [-0.39, 0.29) is 11.4 Å². The number of carbonyl (C=O) groups is 1. The summed E-state index contributed by atoms with van der Waals surface area (Å²) in [5.74, 6) is 0.430. The van der Waals surface area contributed by atoms with E-state index in [0.717, 1.165) is 5.56 Å². The molecular weight excluding hydrogens is 276 g/mol. The summed E-state index contributed by atoms with van der Waals surface area (Å²) in [6, 6.07) is 11.5. The molecule has 0 atom stereocenters. The van der Waals surface area contributed by atoms with Gasteiger partial charge in [0.25, 0.3) is 5.91 Å². The highest BCUT2D eigenvalue weighted by molar-refractivity contribution is 5.92. The fourth-order valence-electron chi connectivity index (χ4n) is 2.00. The smallest absolute Gasteiger partial charge is 0.272 e. The molecule has 1 amide bonds. The van der Waals surface area contributed by atoms with Crippen LogP contribution in [0.2, 0.25) is 0 Å². The lowest BCUT2D eigenvalue weighted by atomic mass is 10.1. The molecule has 2 aromatic rings. The number of nitrogens with one attached hydrogen (secondary N) is 2. The predicted octanol–water partition coefficient (Wildman–Crippen LogP) is 2.93. The molecule has 0 unspecified atom stereocenters. The van der Waals surface area contributed by atoms with E-state index in [1.807, 2.05) is 52.0 Å². The highest BCUT2D eigenvalue weighted by atomic mass is 16.1. The fourth-order valence-corrected chi connectivity index (χ4v) is 2.00. The maximum Gasteiger partial charge on any atom is 0.272 e. The molecule has 0 radical (unpaired) electrons. The molecule has 5 nitrogen and oxygen atoms in total. The van der Waals surface area contributed by atoms with Gasteiger partial charge in [-0.1, -0.05) is 29.8 Å². The molecule has 0 saturated heterocycles. The van der Waals surface area contributed by atoms with Crippen LogP contribution in [-0.4, -0.2) is 21.6 Å². The molecule has 0 spiro atoms. The van der Waals surface area contributed by atoms with Crippen LogP contribution in [0.15, 0.2) is 36.4 Å². The maximum atomic E-state index is 12.1. The number of hydrogen-bond donors (Lipinski definition) is 2. The zero-order valence-corrected chi connectivity index (χ0v) is 13.5. The largest absolute Gasteiger partial charge is 0.364 e. The van der Waals surface area contributed by atoms with Crippen LogP contribution in [0, 0.1) is 6.92 Å². The van der Waals surface area contributed by atoms with E-state index >= 15 is 0 Å². The normalized spacial score (nSPS) is 11.1. The number of aryl methyl sites for hydroxylation is 1. The van der Waals surface area contributed by atoms with Crippen molar-refractivity contribution in [3.63, 3.8) is 0 Å². The molecule has 22 heavy (non-hydrogen) atoms. The average Bonchev–Trinajstić information content (AvgIpc) is 2.44. The highest BCUT2D eigenvalue weighted by Gasteiger charge is 2.12. The summed E-state index contributed by atoms with van der Waals surface area (Å²) in [6.07, 6.45) is 0. The number of amides is 1. The van der Waals surface area contributed by atoms with Gasteiger partial charge < -0.3 is 10.6 Å². The van der Waals surface area contributed by atoms with Gasteiger partial charge in [0.1, 0.15) is 5.82 Å². The van der Waals surface area contributed by atoms with Gasteiger partial charge in [-0.25, -0.2) is 0 Å². The lowest BCUT2D eigenvalue weighted by Gasteiger charge is -2.20. The summed E-state index contributed by atoms with van der Waals surface area (Å²) in [5, 5.41) is 14.1. The Morgan fingerprint density at radius 2 is 1.91 bits per heavy atom. The van der Waals surface area contributed by atoms with Crippen molar-refractivity contribution in [2.45, 2.75) is 39.8 Å². The molecule has 2 N–H and O–H groups in total. The van der Waals surface area contributed by atoms with E-state index in [1.165, 1.54) is 5.56 Å². The van der Waals surface area contributed by atoms with Crippen LogP contribution < -0.4 is 10.6 Å². The highest BCUT2D eigenvalue weighted by Crippen LogP contribution is 2.11. The van der Waals surface area contributed by atoms with E-state index in [9.17, 15) is 4.79 Å². The van der Waals surface area contributed by atoms with E-state index in [4.69, 9.17) is 0 Å². The Morgan fingerprint density at radius 1 is 1.14 bits per heavy atom. The monoisotopic (exact) mass is 298 g/mol. The Balaban J connectivity index is 1.95. The summed E-state index contributed by atoms with van der Waals surface area (Å²) in [7, 11) is 0. The van der Waals surface area contributed by atoms with Gasteiger partial charge in [0.05, 0.1) is 0 Å². The molecule has 0 fully saturated rings. The second-order valence-corrected chi connectivity index (χ2v) is 6.35. The molecule has 0 aliphatic rings. The molecule has 0 saturated carbocycles. The number of benzene rings is 1. The van der Waals surface area contributed by atoms with Crippen molar-refractivity contribution < 1.29 is 4.79 Å². The average molecular weight is 298 g/mol. The van der Waals surface area contributed by atoms with Gasteiger partial charge in [-0.2, -0.15) is 0 Å². The molecule has 2 rings (SSSR count).